The van der Waals surface area contributed by atoms with E-state index in [0.29, 0.717) is 19.0 Å². The fourth-order valence-corrected chi connectivity index (χ4v) is 2.17. The molecule has 0 aromatic heterocycles. The molecule has 0 saturated heterocycles. The maximum atomic E-state index is 13.2. The lowest BCUT2D eigenvalue weighted by Crippen LogP contribution is -2.37. The summed E-state index contributed by atoms with van der Waals surface area (Å²) in [5.41, 5.74) is 2.05. The minimum atomic E-state index is -0.206. The molecule has 0 amide bonds. The molecule has 6 heteroatoms. The summed E-state index contributed by atoms with van der Waals surface area (Å²) in [5.74, 6) is 3.70. The Labute approximate surface area is 141 Å². The normalized spacial score (nSPS) is 10.4. The minimum absolute atomic E-state index is 0. The first-order chi connectivity index (χ1) is 9.21. The molecule has 1 aromatic rings. The fourth-order valence-electron chi connectivity index (χ4n) is 1.59. The van der Waals surface area contributed by atoms with E-state index in [1.54, 1.807) is 30.9 Å². The molecule has 0 fully saturated rings. The molecule has 0 saturated carbocycles. The van der Waals surface area contributed by atoms with E-state index >= 15 is 0 Å². The number of guanidine groups is 1. The Kier molecular flexibility index (Phi) is 10.3. The highest BCUT2D eigenvalue weighted by molar-refractivity contribution is 14.0. The SMILES string of the molecule is C#CCNC(=NC)NCc1ccc(F)cc1CSC.I. The van der Waals surface area contributed by atoms with Gasteiger partial charge in [-0.3, -0.25) is 4.99 Å². The van der Waals surface area contributed by atoms with Crippen LogP contribution < -0.4 is 10.6 Å². The minimum Gasteiger partial charge on any atom is -0.352 e. The van der Waals surface area contributed by atoms with Gasteiger partial charge < -0.3 is 10.6 Å². The van der Waals surface area contributed by atoms with E-state index in [1.807, 2.05) is 6.26 Å². The molecule has 0 atom stereocenters. The summed E-state index contributed by atoms with van der Waals surface area (Å²) in [6.45, 7) is 1.00. The van der Waals surface area contributed by atoms with E-state index in [4.69, 9.17) is 6.42 Å². The average Bonchev–Trinajstić information content (AvgIpc) is 2.41. The Hall–Kier alpha value is -0.940. The zero-order valence-electron chi connectivity index (χ0n) is 11.6. The highest BCUT2D eigenvalue weighted by Gasteiger charge is 2.05. The molecular formula is C14H19FIN3S. The summed E-state index contributed by atoms with van der Waals surface area (Å²) in [6, 6.07) is 4.84. The first kappa shape index (κ1) is 19.1. The Balaban J connectivity index is 0.00000361. The maximum Gasteiger partial charge on any atom is 0.192 e. The molecule has 0 bridgehead atoms. The predicted molar refractivity (Wildman–Crippen MR) is 96.1 cm³/mol. The lowest BCUT2D eigenvalue weighted by atomic mass is 10.1. The molecular weight excluding hydrogens is 388 g/mol. The predicted octanol–water partition coefficient (Wildman–Crippen LogP) is 2.60. The molecule has 0 unspecified atom stereocenters. The smallest absolute Gasteiger partial charge is 0.192 e. The third kappa shape index (κ3) is 6.48. The van der Waals surface area contributed by atoms with Gasteiger partial charge in [-0.2, -0.15) is 11.8 Å². The van der Waals surface area contributed by atoms with Gasteiger partial charge in [-0.05, 0) is 29.5 Å². The van der Waals surface area contributed by atoms with Crippen molar-refractivity contribution in [2.45, 2.75) is 12.3 Å². The van der Waals surface area contributed by atoms with Crippen LogP contribution in [0.4, 0.5) is 4.39 Å². The van der Waals surface area contributed by atoms with Crippen LogP contribution >= 0.6 is 35.7 Å². The van der Waals surface area contributed by atoms with E-state index in [2.05, 4.69) is 21.5 Å². The number of benzene rings is 1. The molecule has 0 aliphatic carbocycles. The lowest BCUT2D eigenvalue weighted by molar-refractivity contribution is 0.625. The monoisotopic (exact) mass is 407 g/mol. The van der Waals surface area contributed by atoms with Crippen LogP contribution in [-0.4, -0.2) is 25.8 Å². The maximum absolute atomic E-state index is 13.2. The zero-order valence-corrected chi connectivity index (χ0v) is 14.7. The van der Waals surface area contributed by atoms with Crippen molar-refractivity contribution in [1.82, 2.24) is 10.6 Å². The summed E-state index contributed by atoms with van der Waals surface area (Å²) in [5, 5.41) is 6.13. The molecule has 0 heterocycles. The number of hydrogen-bond acceptors (Lipinski definition) is 2. The first-order valence-electron chi connectivity index (χ1n) is 5.85. The van der Waals surface area contributed by atoms with E-state index in [0.717, 1.165) is 16.9 Å². The molecule has 0 aliphatic heterocycles. The third-order valence-electron chi connectivity index (χ3n) is 2.50. The Morgan fingerprint density at radius 1 is 1.40 bits per heavy atom. The van der Waals surface area contributed by atoms with Crippen molar-refractivity contribution in [2.24, 2.45) is 4.99 Å². The summed E-state index contributed by atoms with van der Waals surface area (Å²) in [4.78, 5) is 4.05. The van der Waals surface area contributed by atoms with Gasteiger partial charge in [0.25, 0.3) is 0 Å². The molecule has 0 spiro atoms. The van der Waals surface area contributed by atoms with Crippen LogP contribution in [0.2, 0.25) is 0 Å². The van der Waals surface area contributed by atoms with Crippen LogP contribution in [0.5, 0.6) is 0 Å². The van der Waals surface area contributed by atoms with Crippen LogP contribution in [-0.2, 0) is 12.3 Å². The Bertz CT molecular complexity index is 486. The molecule has 1 aromatic carbocycles. The van der Waals surface area contributed by atoms with Gasteiger partial charge in [0.1, 0.15) is 5.82 Å². The van der Waals surface area contributed by atoms with Gasteiger partial charge in [0.15, 0.2) is 5.96 Å². The Morgan fingerprint density at radius 2 is 2.15 bits per heavy atom. The number of nitrogens with one attached hydrogen (secondary N) is 2. The fraction of sp³-hybridized carbons (Fsp3) is 0.357. The largest absolute Gasteiger partial charge is 0.352 e. The van der Waals surface area contributed by atoms with Gasteiger partial charge >= 0.3 is 0 Å². The van der Waals surface area contributed by atoms with Gasteiger partial charge in [-0.15, -0.1) is 30.4 Å². The summed E-state index contributed by atoms with van der Waals surface area (Å²) in [6.07, 6.45) is 7.17. The van der Waals surface area contributed by atoms with Crippen molar-refractivity contribution >= 4 is 41.7 Å². The van der Waals surface area contributed by atoms with Crippen molar-refractivity contribution in [3.05, 3.63) is 35.1 Å². The number of hydrogen-bond donors (Lipinski definition) is 2. The molecule has 0 aliphatic rings. The summed E-state index contributed by atoms with van der Waals surface area (Å²) >= 11 is 1.66. The van der Waals surface area contributed by atoms with Crippen molar-refractivity contribution in [1.29, 1.82) is 0 Å². The second-order valence-electron chi connectivity index (χ2n) is 3.83. The molecule has 3 nitrogen and oxygen atoms in total. The van der Waals surface area contributed by atoms with Crippen LogP contribution in [0.15, 0.2) is 23.2 Å². The van der Waals surface area contributed by atoms with Crippen molar-refractivity contribution in [3.8, 4) is 12.3 Å². The highest BCUT2D eigenvalue weighted by Crippen LogP contribution is 2.16. The summed E-state index contributed by atoms with van der Waals surface area (Å²) < 4.78 is 13.2. The third-order valence-corrected chi connectivity index (χ3v) is 3.10. The average molecular weight is 407 g/mol. The van der Waals surface area contributed by atoms with Gasteiger partial charge in [0.05, 0.1) is 6.54 Å². The topological polar surface area (TPSA) is 36.4 Å². The van der Waals surface area contributed by atoms with Crippen LogP contribution in [0.3, 0.4) is 0 Å². The van der Waals surface area contributed by atoms with Crippen LogP contribution in [0.25, 0.3) is 0 Å². The van der Waals surface area contributed by atoms with Crippen molar-refractivity contribution in [2.75, 3.05) is 19.8 Å². The number of nitrogens with zero attached hydrogens (tertiary/aromatic N) is 1. The van der Waals surface area contributed by atoms with Crippen molar-refractivity contribution in [3.63, 3.8) is 0 Å². The van der Waals surface area contributed by atoms with Crippen molar-refractivity contribution < 1.29 is 4.39 Å². The standard InChI is InChI=1S/C14H18FN3S.HI/c1-4-7-17-14(16-2)18-9-11-5-6-13(15)8-12(11)10-19-3;/h1,5-6,8H,7,9-10H2,2-3H3,(H2,16,17,18);1H. The number of rotatable bonds is 5. The number of thioether (sulfide) groups is 1. The van der Waals surface area contributed by atoms with Gasteiger partial charge in [0, 0.05) is 19.3 Å². The lowest BCUT2D eigenvalue weighted by Gasteiger charge is -2.13. The number of terminal acetylenes is 1. The number of aliphatic imine (C=N–C) groups is 1. The van der Waals surface area contributed by atoms with Crippen LogP contribution in [0, 0.1) is 18.2 Å². The second-order valence-corrected chi connectivity index (χ2v) is 4.70. The highest BCUT2D eigenvalue weighted by atomic mass is 127. The van der Waals surface area contributed by atoms with E-state index in [9.17, 15) is 4.39 Å². The molecule has 2 N–H and O–H groups in total. The van der Waals surface area contributed by atoms with E-state index in [1.165, 1.54) is 6.07 Å². The van der Waals surface area contributed by atoms with E-state index in [-0.39, 0.29) is 29.8 Å². The Morgan fingerprint density at radius 3 is 2.75 bits per heavy atom. The molecule has 0 radical (unpaired) electrons. The van der Waals surface area contributed by atoms with Gasteiger partial charge in [-0.25, -0.2) is 4.39 Å². The summed E-state index contributed by atoms with van der Waals surface area (Å²) in [7, 11) is 1.68. The van der Waals surface area contributed by atoms with Gasteiger partial charge in [-0.1, -0.05) is 12.0 Å². The van der Waals surface area contributed by atoms with Crippen LogP contribution in [0.1, 0.15) is 11.1 Å². The first-order valence-corrected chi connectivity index (χ1v) is 7.25. The van der Waals surface area contributed by atoms with Gasteiger partial charge in [0.2, 0.25) is 0 Å². The molecule has 110 valence electrons. The second kappa shape index (κ2) is 10.8. The quantitative estimate of drug-likeness (QED) is 0.341. The zero-order chi connectivity index (χ0) is 14.1. The van der Waals surface area contributed by atoms with E-state index < -0.39 is 0 Å². The molecule has 1 rings (SSSR count). The molecule has 20 heavy (non-hydrogen) atoms. The number of halogens is 2.